The van der Waals surface area contributed by atoms with E-state index in [9.17, 15) is 0 Å². The van der Waals surface area contributed by atoms with Crippen molar-refractivity contribution in [2.45, 2.75) is 0 Å². The molecule has 0 atom stereocenters. The van der Waals surface area contributed by atoms with Gasteiger partial charge in [-0.25, -0.2) is 0 Å². The van der Waals surface area contributed by atoms with E-state index < -0.39 is 0 Å². The highest BCUT2D eigenvalue weighted by molar-refractivity contribution is 5.95. The lowest BCUT2D eigenvalue weighted by molar-refractivity contribution is 1.07. The first-order valence-electron chi connectivity index (χ1n) is 6.27. The molecule has 93 valence electrons. The molecule has 0 fully saturated rings. The molecule has 4 rings (SSSR count). The number of aromatic nitrogens is 4. The first-order valence-corrected chi connectivity index (χ1v) is 6.27. The maximum Gasteiger partial charge on any atom is 0.122 e. The van der Waals surface area contributed by atoms with Crippen molar-refractivity contribution in [2.75, 3.05) is 0 Å². The van der Waals surface area contributed by atoms with E-state index in [1.165, 1.54) is 0 Å². The molecule has 20 heavy (non-hydrogen) atoms. The second kappa shape index (κ2) is 4.35. The van der Waals surface area contributed by atoms with Crippen molar-refractivity contribution in [3.05, 3.63) is 60.9 Å². The highest BCUT2D eigenvalue weighted by Crippen LogP contribution is 2.27. The normalized spacial score (nSPS) is 11.0. The van der Waals surface area contributed by atoms with Crippen LogP contribution in [0.15, 0.2) is 54.7 Å². The molecule has 0 saturated heterocycles. The van der Waals surface area contributed by atoms with Gasteiger partial charge >= 0.3 is 0 Å². The van der Waals surface area contributed by atoms with Crippen LogP contribution in [0.5, 0.6) is 0 Å². The van der Waals surface area contributed by atoms with Gasteiger partial charge in [0.05, 0.1) is 17.2 Å². The maximum atomic E-state index is 4.10. The molecular formula is C16H9N4. The molecule has 4 heteroatoms. The number of hydrogen-bond donors (Lipinski definition) is 0. The first kappa shape index (κ1) is 11.0. The second-order valence-corrected chi connectivity index (χ2v) is 4.51. The van der Waals surface area contributed by atoms with Gasteiger partial charge in [0.15, 0.2) is 0 Å². The van der Waals surface area contributed by atoms with E-state index in [1.54, 1.807) is 6.20 Å². The highest BCUT2D eigenvalue weighted by atomic mass is 15.1. The summed E-state index contributed by atoms with van der Waals surface area (Å²) in [5.41, 5.74) is 3.75. The third-order valence-electron chi connectivity index (χ3n) is 3.30. The van der Waals surface area contributed by atoms with Crippen molar-refractivity contribution in [1.29, 1.82) is 0 Å². The highest BCUT2D eigenvalue weighted by Gasteiger charge is 2.06. The van der Waals surface area contributed by atoms with Crippen LogP contribution in [0.1, 0.15) is 0 Å². The van der Waals surface area contributed by atoms with Gasteiger partial charge in [0.25, 0.3) is 0 Å². The molecular weight excluding hydrogens is 248 g/mol. The second-order valence-electron chi connectivity index (χ2n) is 4.51. The molecule has 1 radical (unpaired) electrons. The minimum Gasteiger partial charge on any atom is -0.159 e. The minimum atomic E-state index is 0.870. The van der Waals surface area contributed by atoms with Crippen molar-refractivity contribution in [3.63, 3.8) is 0 Å². The van der Waals surface area contributed by atoms with Crippen LogP contribution >= 0.6 is 0 Å². The van der Waals surface area contributed by atoms with E-state index >= 15 is 0 Å². The largest absolute Gasteiger partial charge is 0.159 e. The quantitative estimate of drug-likeness (QED) is 0.526. The Morgan fingerprint density at radius 1 is 0.850 bits per heavy atom. The molecule has 2 aromatic heterocycles. The van der Waals surface area contributed by atoms with Crippen molar-refractivity contribution in [2.24, 2.45) is 0 Å². The zero-order valence-electron chi connectivity index (χ0n) is 10.5. The van der Waals surface area contributed by atoms with Crippen LogP contribution in [-0.4, -0.2) is 20.4 Å². The molecule has 0 bridgehead atoms. The van der Waals surface area contributed by atoms with Crippen molar-refractivity contribution >= 4 is 21.8 Å². The smallest absolute Gasteiger partial charge is 0.122 e. The molecule has 2 heterocycles. The Kier molecular flexibility index (Phi) is 2.39. The average molecular weight is 257 g/mol. The van der Waals surface area contributed by atoms with E-state index in [0.29, 0.717) is 0 Å². The number of hydrogen-bond acceptors (Lipinski definition) is 4. The third-order valence-corrected chi connectivity index (χ3v) is 3.30. The van der Waals surface area contributed by atoms with Crippen LogP contribution in [0.4, 0.5) is 0 Å². The van der Waals surface area contributed by atoms with E-state index in [4.69, 9.17) is 0 Å². The predicted octanol–water partition coefficient (Wildman–Crippen LogP) is 3.04. The predicted molar refractivity (Wildman–Crippen MR) is 76.9 cm³/mol. The van der Waals surface area contributed by atoms with Crippen LogP contribution in [0.2, 0.25) is 0 Å². The first-order chi connectivity index (χ1) is 9.92. The summed E-state index contributed by atoms with van der Waals surface area (Å²) in [6, 6.07) is 15.9. The summed E-state index contributed by atoms with van der Waals surface area (Å²) in [4.78, 5) is 0. The fourth-order valence-corrected chi connectivity index (χ4v) is 2.33. The molecule has 0 aliphatic carbocycles. The van der Waals surface area contributed by atoms with Crippen LogP contribution < -0.4 is 0 Å². The molecule has 0 spiro atoms. The van der Waals surface area contributed by atoms with E-state index in [1.807, 2.05) is 42.5 Å². The van der Waals surface area contributed by atoms with Crippen molar-refractivity contribution in [3.8, 4) is 11.1 Å². The molecule has 4 aromatic rings. The molecule has 0 saturated carbocycles. The molecule has 0 N–H and O–H groups in total. The van der Waals surface area contributed by atoms with E-state index in [-0.39, 0.29) is 0 Å². The fourth-order valence-electron chi connectivity index (χ4n) is 2.33. The number of rotatable bonds is 1. The monoisotopic (exact) mass is 257 g/mol. The van der Waals surface area contributed by atoms with Crippen LogP contribution in [0.3, 0.4) is 0 Å². The lowest BCUT2D eigenvalue weighted by Gasteiger charge is -2.05. The van der Waals surface area contributed by atoms with Gasteiger partial charge in [-0.2, -0.15) is 10.2 Å². The van der Waals surface area contributed by atoms with Crippen LogP contribution in [-0.2, 0) is 0 Å². The molecule has 2 aromatic carbocycles. The summed E-state index contributed by atoms with van der Waals surface area (Å²) in [5, 5.41) is 18.1. The number of benzene rings is 2. The van der Waals surface area contributed by atoms with Gasteiger partial charge in [-0.3, -0.25) is 0 Å². The van der Waals surface area contributed by atoms with Gasteiger partial charge in [-0.1, -0.05) is 24.3 Å². The van der Waals surface area contributed by atoms with Gasteiger partial charge in [-0.05, 0) is 29.8 Å². The lowest BCUT2D eigenvalue weighted by Crippen LogP contribution is -1.89. The fraction of sp³-hybridized carbons (Fsp3) is 0. The van der Waals surface area contributed by atoms with Gasteiger partial charge < -0.3 is 0 Å². The van der Waals surface area contributed by atoms with Crippen molar-refractivity contribution < 1.29 is 0 Å². The third kappa shape index (κ3) is 1.70. The number of fused-ring (bicyclic) bond motifs is 2. The topological polar surface area (TPSA) is 51.6 Å². The molecule has 0 amide bonds. The average Bonchev–Trinajstić information content (AvgIpc) is 2.54. The lowest BCUT2D eigenvalue weighted by atomic mass is 10.0. The zero-order valence-corrected chi connectivity index (χ0v) is 10.5. The maximum absolute atomic E-state index is 4.10. The summed E-state index contributed by atoms with van der Waals surface area (Å²) in [6.45, 7) is 0. The van der Waals surface area contributed by atoms with Gasteiger partial charge in [-0.15, -0.1) is 10.2 Å². The Balaban J connectivity index is 2.01. The Morgan fingerprint density at radius 2 is 1.80 bits per heavy atom. The van der Waals surface area contributed by atoms with Crippen LogP contribution in [0.25, 0.3) is 32.9 Å². The Hall–Kier alpha value is -2.88. The SMILES string of the molecule is [c]1nnc2ccccc2c1-c1ccc2nnccc2c1. The molecule has 4 nitrogen and oxygen atoms in total. The van der Waals surface area contributed by atoms with E-state index in [0.717, 1.165) is 32.9 Å². The summed E-state index contributed by atoms with van der Waals surface area (Å²) in [6.07, 6.45) is 4.69. The zero-order chi connectivity index (χ0) is 13.4. The Bertz CT molecular complexity index is 913. The van der Waals surface area contributed by atoms with Gasteiger partial charge in [0.2, 0.25) is 0 Å². The van der Waals surface area contributed by atoms with E-state index in [2.05, 4.69) is 32.7 Å². The molecule has 0 aliphatic heterocycles. The van der Waals surface area contributed by atoms with Gasteiger partial charge in [0.1, 0.15) is 6.20 Å². The molecule has 0 aliphatic rings. The minimum absolute atomic E-state index is 0.870. The number of nitrogens with zero attached hydrogens (tertiary/aromatic N) is 4. The Labute approximate surface area is 115 Å². The summed E-state index contributed by atoms with van der Waals surface area (Å²) < 4.78 is 0. The summed E-state index contributed by atoms with van der Waals surface area (Å²) in [7, 11) is 0. The van der Waals surface area contributed by atoms with Crippen LogP contribution in [0, 0.1) is 6.20 Å². The molecule has 0 unspecified atom stereocenters. The summed E-state index contributed by atoms with van der Waals surface area (Å²) in [5.74, 6) is 0. The standard InChI is InChI=1S/C16H9N4/c1-2-4-16-13(3-1)14(10-18-20-16)11-5-6-15-12(9-11)7-8-17-19-15/h1-9H. The summed E-state index contributed by atoms with van der Waals surface area (Å²) >= 11 is 0. The van der Waals surface area contributed by atoms with Crippen molar-refractivity contribution in [1.82, 2.24) is 20.4 Å². The van der Waals surface area contributed by atoms with Gasteiger partial charge in [0, 0.05) is 16.3 Å². The Morgan fingerprint density at radius 3 is 2.80 bits per heavy atom.